The summed E-state index contributed by atoms with van der Waals surface area (Å²) < 4.78 is 0. The summed E-state index contributed by atoms with van der Waals surface area (Å²) >= 11 is 0. The Morgan fingerprint density at radius 3 is 1.76 bits per heavy atom. The number of urea groups is 1. The standard InChI is InChI=1S/C16H29N3O2/c20-15(18-13-8-6-3-7-9-13)12-17-16(21)19-14-10-4-1-2-5-11-14/h13-14H,1-12H2,(H,18,20)(H2,17,19,21). The van der Waals surface area contributed by atoms with Gasteiger partial charge in [-0.3, -0.25) is 4.79 Å². The Labute approximate surface area is 127 Å². The summed E-state index contributed by atoms with van der Waals surface area (Å²) in [4.78, 5) is 23.6. The Morgan fingerprint density at radius 1 is 0.714 bits per heavy atom. The maximum Gasteiger partial charge on any atom is 0.315 e. The van der Waals surface area contributed by atoms with E-state index in [1.165, 1.54) is 44.9 Å². The summed E-state index contributed by atoms with van der Waals surface area (Å²) in [5, 5.41) is 8.67. The third-order valence-corrected chi connectivity index (χ3v) is 4.57. The van der Waals surface area contributed by atoms with E-state index in [9.17, 15) is 9.59 Å². The van der Waals surface area contributed by atoms with Crippen molar-refractivity contribution >= 4 is 11.9 Å². The van der Waals surface area contributed by atoms with Gasteiger partial charge in [0.2, 0.25) is 5.91 Å². The highest BCUT2D eigenvalue weighted by Crippen LogP contribution is 2.17. The predicted molar refractivity (Wildman–Crippen MR) is 83.0 cm³/mol. The second kappa shape index (κ2) is 8.90. The van der Waals surface area contributed by atoms with Gasteiger partial charge in [0.15, 0.2) is 0 Å². The molecule has 0 aliphatic heterocycles. The van der Waals surface area contributed by atoms with Crippen LogP contribution in [-0.2, 0) is 4.79 Å². The number of carbonyl (C=O) groups excluding carboxylic acids is 2. The third kappa shape index (κ3) is 6.36. The van der Waals surface area contributed by atoms with Crippen molar-refractivity contribution in [3.8, 4) is 0 Å². The van der Waals surface area contributed by atoms with Crippen LogP contribution in [0.4, 0.5) is 4.79 Å². The molecule has 0 radical (unpaired) electrons. The van der Waals surface area contributed by atoms with E-state index >= 15 is 0 Å². The van der Waals surface area contributed by atoms with E-state index in [2.05, 4.69) is 16.0 Å². The number of hydrogen-bond donors (Lipinski definition) is 3. The van der Waals surface area contributed by atoms with E-state index in [-0.39, 0.29) is 24.5 Å². The van der Waals surface area contributed by atoms with Crippen molar-refractivity contribution in [2.24, 2.45) is 0 Å². The van der Waals surface area contributed by atoms with Crippen LogP contribution in [0.15, 0.2) is 0 Å². The van der Waals surface area contributed by atoms with Crippen LogP contribution >= 0.6 is 0 Å². The fourth-order valence-electron chi connectivity index (χ4n) is 3.35. The Hall–Kier alpha value is -1.26. The third-order valence-electron chi connectivity index (χ3n) is 4.57. The molecular weight excluding hydrogens is 266 g/mol. The second-order valence-corrected chi connectivity index (χ2v) is 6.42. The molecule has 2 saturated carbocycles. The topological polar surface area (TPSA) is 70.2 Å². The van der Waals surface area contributed by atoms with E-state index < -0.39 is 0 Å². The van der Waals surface area contributed by atoms with Gasteiger partial charge in [0, 0.05) is 12.1 Å². The first-order valence-electron chi connectivity index (χ1n) is 8.58. The van der Waals surface area contributed by atoms with Crippen LogP contribution in [0, 0.1) is 0 Å². The zero-order valence-corrected chi connectivity index (χ0v) is 13.0. The Kier molecular flexibility index (Phi) is 6.83. The molecule has 0 spiro atoms. The van der Waals surface area contributed by atoms with Crippen LogP contribution in [0.25, 0.3) is 0 Å². The quantitative estimate of drug-likeness (QED) is 0.697. The van der Waals surface area contributed by atoms with Crippen molar-refractivity contribution in [1.29, 1.82) is 0 Å². The van der Waals surface area contributed by atoms with Gasteiger partial charge in [-0.05, 0) is 25.7 Å². The number of nitrogens with one attached hydrogen (secondary N) is 3. The molecule has 0 aromatic heterocycles. The molecule has 5 heteroatoms. The van der Waals surface area contributed by atoms with E-state index in [0.29, 0.717) is 6.04 Å². The van der Waals surface area contributed by atoms with Gasteiger partial charge in [-0.15, -0.1) is 0 Å². The highest BCUT2D eigenvalue weighted by Gasteiger charge is 2.17. The van der Waals surface area contributed by atoms with Crippen molar-refractivity contribution in [2.75, 3.05) is 6.54 Å². The van der Waals surface area contributed by atoms with Gasteiger partial charge >= 0.3 is 6.03 Å². The number of carbonyl (C=O) groups is 2. The van der Waals surface area contributed by atoms with Gasteiger partial charge in [0.1, 0.15) is 0 Å². The molecule has 2 fully saturated rings. The lowest BCUT2D eigenvalue weighted by Crippen LogP contribution is -2.47. The van der Waals surface area contributed by atoms with Gasteiger partial charge in [0.05, 0.1) is 6.54 Å². The summed E-state index contributed by atoms with van der Waals surface area (Å²) in [6.07, 6.45) is 12.8. The molecule has 0 atom stereocenters. The minimum atomic E-state index is -0.208. The first-order chi connectivity index (χ1) is 10.2. The largest absolute Gasteiger partial charge is 0.352 e. The smallest absolute Gasteiger partial charge is 0.315 e. The monoisotopic (exact) mass is 295 g/mol. The van der Waals surface area contributed by atoms with Crippen LogP contribution in [0.3, 0.4) is 0 Å². The average molecular weight is 295 g/mol. The van der Waals surface area contributed by atoms with Crippen molar-refractivity contribution in [3.05, 3.63) is 0 Å². The van der Waals surface area contributed by atoms with Gasteiger partial charge in [0.25, 0.3) is 0 Å². The lowest BCUT2D eigenvalue weighted by atomic mass is 9.95. The number of amides is 3. The van der Waals surface area contributed by atoms with Crippen molar-refractivity contribution in [2.45, 2.75) is 82.7 Å². The fourth-order valence-corrected chi connectivity index (χ4v) is 3.35. The molecule has 5 nitrogen and oxygen atoms in total. The Balaban J connectivity index is 1.59. The Bertz CT molecular complexity index is 332. The maximum absolute atomic E-state index is 11.8. The first kappa shape index (κ1) is 16.1. The molecule has 0 unspecified atom stereocenters. The summed E-state index contributed by atoms with van der Waals surface area (Å²) in [5.41, 5.74) is 0. The fraction of sp³-hybridized carbons (Fsp3) is 0.875. The highest BCUT2D eigenvalue weighted by atomic mass is 16.2. The Morgan fingerprint density at radius 2 is 1.19 bits per heavy atom. The zero-order valence-electron chi connectivity index (χ0n) is 13.0. The molecular formula is C16H29N3O2. The van der Waals surface area contributed by atoms with Crippen LogP contribution in [-0.4, -0.2) is 30.6 Å². The predicted octanol–water partition coefficient (Wildman–Crippen LogP) is 2.46. The second-order valence-electron chi connectivity index (χ2n) is 6.42. The molecule has 0 heterocycles. The van der Waals surface area contributed by atoms with Crippen LogP contribution < -0.4 is 16.0 Å². The molecule has 2 rings (SSSR count). The van der Waals surface area contributed by atoms with Crippen molar-refractivity contribution < 1.29 is 9.59 Å². The van der Waals surface area contributed by atoms with E-state index in [4.69, 9.17) is 0 Å². The van der Waals surface area contributed by atoms with Crippen LogP contribution in [0.1, 0.15) is 70.6 Å². The van der Waals surface area contributed by atoms with E-state index in [0.717, 1.165) is 25.7 Å². The molecule has 0 aromatic carbocycles. The highest BCUT2D eigenvalue weighted by molar-refractivity contribution is 5.84. The van der Waals surface area contributed by atoms with E-state index in [1.54, 1.807) is 0 Å². The molecule has 0 bridgehead atoms. The first-order valence-corrected chi connectivity index (χ1v) is 8.58. The van der Waals surface area contributed by atoms with Crippen molar-refractivity contribution in [1.82, 2.24) is 16.0 Å². The van der Waals surface area contributed by atoms with Gasteiger partial charge in [-0.25, -0.2) is 4.79 Å². The molecule has 0 aromatic rings. The number of rotatable bonds is 4. The molecule has 120 valence electrons. The number of hydrogen-bond acceptors (Lipinski definition) is 2. The van der Waals surface area contributed by atoms with Gasteiger partial charge < -0.3 is 16.0 Å². The summed E-state index contributed by atoms with van der Waals surface area (Å²) in [6.45, 7) is 0.0784. The average Bonchev–Trinajstić information content (AvgIpc) is 2.75. The SMILES string of the molecule is O=C(CNC(=O)NC1CCCCCC1)NC1CCCCC1. The molecule has 2 aliphatic carbocycles. The van der Waals surface area contributed by atoms with Gasteiger partial charge in [-0.2, -0.15) is 0 Å². The van der Waals surface area contributed by atoms with Crippen LogP contribution in [0.5, 0.6) is 0 Å². The van der Waals surface area contributed by atoms with Crippen molar-refractivity contribution in [3.63, 3.8) is 0 Å². The lowest BCUT2D eigenvalue weighted by Gasteiger charge is -2.23. The summed E-state index contributed by atoms with van der Waals surface area (Å²) in [6, 6.07) is 0.368. The minimum Gasteiger partial charge on any atom is -0.352 e. The molecule has 21 heavy (non-hydrogen) atoms. The lowest BCUT2D eigenvalue weighted by molar-refractivity contribution is -0.121. The zero-order chi connectivity index (χ0) is 14.9. The summed E-state index contributed by atoms with van der Waals surface area (Å²) in [5.74, 6) is -0.0714. The normalized spacial score (nSPS) is 21.3. The molecule has 3 amide bonds. The van der Waals surface area contributed by atoms with E-state index in [1.807, 2.05) is 0 Å². The molecule has 0 saturated heterocycles. The minimum absolute atomic E-state index is 0.0714. The molecule has 2 aliphatic rings. The molecule has 3 N–H and O–H groups in total. The maximum atomic E-state index is 11.8. The summed E-state index contributed by atoms with van der Waals surface area (Å²) in [7, 11) is 0. The van der Waals surface area contributed by atoms with Crippen LogP contribution in [0.2, 0.25) is 0 Å². The van der Waals surface area contributed by atoms with Gasteiger partial charge in [-0.1, -0.05) is 44.9 Å².